The van der Waals surface area contributed by atoms with Crippen LogP contribution in [0.1, 0.15) is 12.5 Å². The molecule has 0 radical (unpaired) electrons. The number of imide groups is 2. The second-order valence-corrected chi connectivity index (χ2v) is 9.42. The van der Waals surface area contributed by atoms with Crippen molar-refractivity contribution < 1.29 is 37.8 Å². The predicted molar refractivity (Wildman–Crippen MR) is 153 cm³/mol. The first-order valence-electron chi connectivity index (χ1n) is 11.9. The van der Waals surface area contributed by atoms with Crippen molar-refractivity contribution in [3.05, 3.63) is 81.2 Å². The molecule has 0 aliphatic carbocycles. The smallest absolute Gasteiger partial charge is 0.335 e. The van der Waals surface area contributed by atoms with Crippen molar-refractivity contribution in [1.29, 1.82) is 0 Å². The second kappa shape index (κ2) is 12.6. The average molecular weight is 659 g/mol. The first kappa shape index (κ1) is 28.5. The van der Waals surface area contributed by atoms with Gasteiger partial charge in [-0.1, -0.05) is 0 Å². The molecule has 3 aromatic carbocycles. The third-order valence-corrected chi connectivity index (χ3v) is 6.35. The van der Waals surface area contributed by atoms with Gasteiger partial charge in [-0.15, -0.1) is 0 Å². The summed E-state index contributed by atoms with van der Waals surface area (Å²) in [5.74, 6) is -1.46. The largest absolute Gasteiger partial charge is 0.494 e. The molecule has 1 fully saturated rings. The Balaban J connectivity index is 1.54. The molecule has 1 aliphatic rings. The number of hydrogen-bond acceptors (Lipinski definition) is 7. The Morgan fingerprint density at radius 1 is 1.05 bits per heavy atom. The van der Waals surface area contributed by atoms with Crippen molar-refractivity contribution in [2.45, 2.75) is 6.92 Å². The molecule has 3 aromatic rings. The maximum absolute atomic E-state index is 13.2. The fourth-order valence-electron chi connectivity index (χ4n) is 3.75. The third kappa shape index (κ3) is 6.57. The van der Waals surface area contributed by atoms with Gasteiger partial charge in [0.25, 0.3) is 17.7 Å². The topological polar surface area (TPSA) is 123 Å². The molecule has 1 aliphatic heterocycles. The van der Waals surface area contributed by atoms with Crippen LogP contribution in [0.25, 0.3) is 6.08 Å². The SMILES string of the molecule is CCOc1ccc(N2C(=O)NC(=O)/C(=C\c3cc(I)c(OCC(=O)Nc4ccc(F)cc4)c(OC)c3)C2=O)cc1. The van der Waals surface area contributed by atoms with Gasteiger partial charge in [-0.3, -0.25) is 19.7 Å². The number of hydrogen-bond donors (Lipinski definition) is 2. The van der Waals surface area contributed by atoms with Crippen LogP contribution in [0.5, 0.6) is 17.2 Å². The number of carbonyl (C=O) groups is 4. The van der Waals surface area contributed by atoms with Crippen molar-refractivity contribution in [3.63, 3.8) is 0 Å². The lowest BCUT2D eigenvalue weighted by Crippen LogP contribution is -2.54. The number of amides is 5. The summed E-state index contributed by atoms with van der Waals surface area (Å²) in [7, 11) is 1.40. The Morgan fingerprint density at radius 3 is 2.40 bits per heavy atom. The minimum atomic E-state index is -0.869. The standard InChI is InChI=1S/C28H23FIN3O7/c1-3-39-20-10-8-19(9-11-20)33-27(36)21(26(35)32-28(33)37)12-16-13-22(30)25(23(14-16)38-2)40-15-24(34)31-18-6-4-17(29)5-7-18/h4-14H,3,15H2,1-2H3,(H,31,34)(H,32,35,37)/b21-12+. The van der Waals surface area contributed by atoms with E-state index in [0.29, 0.717) is 27.2 Å². The van der Waals surface area contributed by atoms with E-state index >= 15 is 0 Å². The summed E-state index contributed by atoms with van der Waals surface area (Å²) in [6, 6.07) is 13.9. The molecular formula is C28H23FIN3O7. The lowest BCUT2D eigenvalue weighted by atomic mass is 10.1. The number of nitrogens with zero attached hydrogens (tertiary/aromatic N) is 1. The van der Waals surface area contributed by atoms with E-state index in [0.717, 1.165) is 4.90 Å². The van der Waals surface area contributed by atoms with Crippen LogP contribution < -0.4 is 29.7 Å². The summed E-state index contributed by atoms with van der Waals surface area (Å²) >= 11 is 1.97. The Hall–Kier alpha value is -4.46. The minimum Gasteiger partial charge on any atom is -0.494 e. The maximum Gasteiger partial charge on any atom is 0.335 e. The van der Waals surface area contributed by atoms with Crippen LogP contribution in [0, 0.1) is 9.39 Å². The molecule has 0 aromatic heterocycles. The molecule has 0 atom stereocenters. The summed E-state index contributed by atoms with van der Waals surface area (Å²) in [5, 5.41) is 4.78. The number of nitrogens with one attached hydrogen (secondary N) is 2. The highest BCUT2D eigenvalue weighted by Gasteiger charge is 2.37. The van der Waals surface area contributed by atoms with Crippen LogP contribution in [0.2, 0.25) is 0 Å². The molecule has 1 saturated heterocycles. The van der Waals surface area contributed by atoms with Crippen molar-refractivity contribution in [3.8, 4) is 17.2 Å². The Labute approximate surface area is 242 Å². The van der Waals surface area contributed by atoms with Gasteiger partial charge in [0.05, 0.1) is 23.0 Å². The highest BCUT2D eigenvalue weighted by molar-refractivity contribution is 14.1. The monoisotopic (exact) mass is 659 g/mol. The van der Waals surface area contributed by atoms with Gasteiger partial charge >= 0.3 is 6.03 Å². The Bertz CT molecular complexity index is 1490. The summed E-state index contributed by atoms with van der Waals surface area (Å²) < 4.78 is 30.1. The van der Waals surface area contributed by atoms with Crippen LogP contribution in [0.3, 0.4) is 0 Å². The lowest BCUT2D eigenvalue weighted by molar-refractivity contribution is -0.122. The zero-order chi connectivity index (χ0) is 28.8. The highest BCUT2D eigenvalue weighted by atomic mass is 127. The van der Waals surface area contributed by atoms with Crippen molar-refractivity contribution in [2.75, 3.05) is 30.5 Å². The van der Waals surface area contributed by atoms with Gasteiger partial charge in [0.2, 0.25) is 0 Å². The van der Waals surface area contributed by atoms with Crippen molar-refractivity contribution >= 4 is 63.8 Å². The van der Waals surface area contributed by atoms with Gasteiger partial charge in [-0.05, 0) is 102 Å². The number of urea groups is 1. The summed E-state index contributed by atoms with van der Waals surface area (Å²) in [6.07, 6.45) is 1.33. The molecule has 0 spiro atoms. The summed E-state index contributed by atoms with van der Waals surface area (Å²) in [5.41, 5.74) is 0.827. The molecule has 0 unspecified atom stereocenters. The quantitative estimate of drug-likeness (QED) is 0.197. The normalized spacial score (nSPS) is 14.2. The first-order valence-corrected chi connectivity index (χ1v) is 13.0. The molecule has 2 N–H and O–H groups in total. The van der Waals surface area contributed by atoms with Gasteiger partial charge in [0.1, 0.15) is 17.1 Å². The number of rotatable bonds is 9. The number of halogens is 2. The first-order chi connectivity index (χ1) is 19.2. The molecule has 40 heavy (non-hydrogen) atoms. The van der Waals surface area contributed by atoms with Gasteiger partial charge in [0.15, 0.2) is 18.1 Å². The van der Waals surface area contributed by atoms with E-state index in [1.807, 2.05) is 29.5 Å². The summed E-state index contributed by atoms with van der Waals surface area (Å²) in [6.45, 7) is 1.93. The van der Waals surface area contributed by atoms with Crippen molar-refractivity contribution in [1.82, 2.24) is 5.32 Å². The minimum absolute atomic E-state index is 0.247. The predicted octanol–water partition coefficient (Wildman–Crippen LogP) is 4.52. The molecule has 0 bridgehead atoms. The van der Waals surface area contributed by atoms with E-state index in [2.05, 4.69) is 10.6 Å². The Kier molecular flexibility index (Phi) is 8.99. The summed E-state index contributed by atoms with van der Waals surface area (Å²) in [4.78, 5) is 51.5. The molecule has 0 saturated carbocycles. The highest BCUT2D eigenvalue weighted by Crippen LogP contribution is 2.35. The average Bonchev–Trinajstić information content (AvgIpc) is 2.92. The number of ether oxygens (including phenoxy) is 3. The zero-order valence-electron chi connectivity index (χ0n) is 21.3. The van der Waals surface area contributed by atoms with Crippen molar-refractivity contribution in [2.24, 2.45) is 0 Å². The van der Waals surface area contributed by atoms with E-state index in [1.165, 1.54) is 43.5 Å². The number of benzene rings is 3. The lowest BCUT2D eigenvalue weighted by Gasteiger charge is -2.26. The van der Waals surface area contributed by atoms with E-state index < -0.39 is 29.6 Å². The fraction of sp³-hybridized carbons (Fsp3) is 0.143. The molecule has 12 heteroatoms. The molecule has 10 nitrogen and oxygen atoms in total. The fourth-order valence-corrected chi connectivity index (χ4v) is 4.53. The number of carbonyl (C=O) groups excluding carboxylic acids is 4. The maximum atomic E-state index is 13.2. The van der Waals surface area contributed by atoms with Crippen LogP contribution in [0.4, 0.5) is 20.6 Å². The second-order valence-electron chi connectivity index (χ2n) is 8.26. The van der Waals surface area contributed by atoms with E-state index in [9.17, 15) is 23.6 Å². The van der Waals surface area contributed by atoms with Crippen LogP contribution >= 0.6 is 22.6 Å². The van der Waals surface area contributed by atoms with Crippen LogP contribution in [-0.4, -0.2) is 44.1 Å². The van der Waals surface area contributed by atoms with E-state index in [4.69, 9.17) is 14.2 Å². The van der Waals surface area contributed by atoms with Crippen LogP contribution in [-0.2, 0) is 14.4 Å². The van der Waals surface area contributed by atoms with Gasteiger partial charge < -0.3 is 19.5 Å². The molecule has 5 amide bonds. The molecule has 206 valence electrons. The molecule has 4 rings (SSSR count). The van der Waals surface area contributed by atoms with Crippen LogP contribution in [0.15, 0.2) is 66.2 Å². The number of anilines is 2. The third-order valence-electron chi connectivity index (χ3n) is 5.55. The Morgan fingerprint density at radius 2 is 1.75 bits per heavy atom. The molecular weight excluding hydrogens is 636 g/mol. The zero-order valence-corrected chi connectivity index (χ0v) is 23.5. The number of methoxy groups -OCH3 is 1. The van der Waals surface area contributed by atoms with Gasteiger partial charge in [-0.2, -0.15) is 0 Å². The van der Waals surface area contributed by atoms with E-state index in [1.54, 1.807) is 30.3 Å². The number of barbiturate groups is 1. The van der Waals surface area contributed by atoms with Gasteiger partial charge in [0, 0.05) is 5.69 Å². The van der Waals surface area contributed by atoms with E-state index in [-0.39, 0.29) is 29.4 Å². The van der Waals surface area contributed by atoms with Gasteiger partial charge in [-0.25, -0.2) is 14.1 Å². The molecule has 1 heterocycles.